The predicted molar refractivity (Wildman–Crippen MR) is 63.2 cm³/mol. The molecule has 1 saturated carbocycles. The van der Waals surface area contributed by atoms with Crippen molar-refractivity contribution < 1.29 is 4.21 Å². The Bertz CT molecular complexity index is 360. The van der Waals surface area contributed by atoms with Gasteiger partial charge in [-0.2, -0.15) is 0 Å². The average Bonchev–Trinajstić information content (AvgIpc) is 2.65. The molecule has 1 aromatic rings. The molecular formula is C12H17NOS. The molecule has 1 aliphatic rings. The highest BCUT2D eigenvalue weighted by Crippen LogP contribution is 2.26. The highest BCUT2D eigenvalue weighted by Gasteiger charge is 2.27. The van der Waals surface area contributed by atoms with Crippen molar-refractivity contribution in [3.63, 3.8) is 0 Å². The fourth-order valence-electron chi connectivity index (χ4n) is 2.03. The molecular weight excluding hydrogens is 206 g/mol. The second-order valence-electron chi connectivity index (χ2n) is 4.31. The molecule has 15 heavy (non-hydrogen) atoms. The number of aryl methyl sites for hydroxylation is 1. The Morgan fingerprint density at radius 3 is 2.47 bits per heavy atom. The summed E-state index contributed by atoms with van der Waals surface area (Å²) in [6.07, 6.45) is 2.92. The van der Waals surface area contributed by atoms with Gasteiger partial charge in [-0.05, 0) is 38.3 Å². The number of hydrogen-bond acceptors (Lipinski definition) is 2. The van der Waals surface area contributed by atoms with Crippen LogP contribution in [0.5, 0.6) is 0 Å². The first-order valence-corrected chi connectivity index (χ1v) is 6.61. The monoisotopic (exact) mass is 223 g/mol. The van der Waals surface area contributed by atoms with Crippen LogP contribution >= 0.6 is 0 Å². The molecule has 0 radical (unpaired) electrons. The van der Waals surface area contributed by atoms with Gasteiger partial charge < -0.3 is 5.73 Å². The van der Waals surface area contributed by atoms with Crippen LogP contribution in [0.4, 0.5) is 0 Å². The Hall–Kier alpha value is -0.670. The fraction of sp³-hybridized carbons (Fsp3) is 0.500. The predicted octanol–water partition coefficient (Wildman–Crippen LogP) is 1.98. The van der Waals surface area contributed by atoms with Gasteiger partial charge in [0.1, 0.15) is 0 Å². The molecule has 0 saturated heterocycles. The van der Waals surface area contributed by atoms with E-state index in [1.165, 1.54) is 5.56 Å². The highest BCUT2D eigenvalue weighted by molar-refractivity contribution is 7.85. The lowest BCUT2D eigenvalue weighted by atomic mass is 10.2. The van der Waals surface area contributed by atoms with Crippen LogP contribution in [-0.4, -0.2) is 15.5 Å². The van der Waals surface area contributed by atoms with E-state index < -0.39 is 10.8 Å². The molecule has 3 heteroatoms. The lowest BCUT2D eigenvalue weighted by molar-refractivity contribution is 0.664. The third-order valence-corrected chi connectivity index (χ3v) is 4.75. The molecule has 0 amide bonds. The molecule has 82 valence electrons. The van der Waals surface area contributed by atoms with Gasteiger partial charge in [0.15, 0.2) is 0 Å². The maximum Gasteiger partial charge on any atom is 0.0561 e. The standard InChI is InChI=1S/C12H17NOS/c1-9-2-5-11(6-3-9)15(14)12-7-4-10(13)8-12/h2-3,5-6,10,12H,4,7-8,13H2,1H3. The molecule has 3 unspecified atom stereocenters. The molecule has 1 fully saturated rings. The fourth-order valence-corrected chi connectivity index (χ4v) is 3.59. The third-order valence-electron chi connectivity index (χ3n) is 2.98. The molecule has 2 nitrogen and oxygen atoms in total. The third kappa shape index (κ3) is 2.47. The van der Waals surface area contributed by atoms with Crippen LogP contribution in [-0.2, 0) is 10.8 Å². The summed E-state index contributed by atoms with van der Waals surface area (Å²) in [6, 6.07) is 8.22. The molecule has 0 bridgehead atoms. The van der Waals surface area contributed by atoms with Gasteiger partial charge in [-0.25, -0.2) is 0 Å². The topological polar surface area (TPSA) is 43.1 Å². The second-order valence-corrected chi connectivity index (χ2v) is 6.04. The number of rotatable bonds is 2. The molecule has 1 aliphatic carbocycles. The van der Waals surface area contributed by atoms with Crippen LogP contribution in [0.15, 0.2) is 29.2 Å². The molecule has 2 rings (SSSR count). The van der Waals surface area contributed by atoms with E-state index in [-0.39, 0.29) is 11.3 Å². The first kappa shape index (κ1) is 10.8. The van der Waals surface area contributed by atoms with Crippen LogP contribution in [0.2, 0.25) is 0 Å². The lowest BCUT2D eigenvalue weighted by Gasteiger charge is -2.09. The zero-order valence-corrected chi connectivity index (χ0v) is 9.80. The van der Waals surface area contributed by atoms with E-state index >= 15 is 0 Å². The normalized spacial score (nSPS) is 27.9. The first-order chi connectivity index (χ1) is 7.16. The minimum Gasteiger partial charge on any atom is -0.328 e. The van der Waals surface area contributed by atoms with Crippen molar-refractivity contribution in [2.24, 2.45) is 5.73 Å². The van der Waals surface area contributed by atoms with Crippen LogP contribution in [0.25, 0.3) is 0 Å². The van der Waals surface area contributed by atoms with Gasteiger partial charge in [-0.15, -0.1) is 0 Å². The van der Waals surface area contributed by atoms with Crippen molar-refractivity contribution >= 4 is 10.8 Å². The smallest absolute Gasteiger partial charge is 0.0561 e. The summed E-state index contributed by atoms with van der Waals surface area (Å²) in [6.45, 7) is 2.04. The number of nitrogens with two attached hydrogens (primary N) is 1. The molecule has 3 atom stereocenters. The maximum atomic E-state index is 12.2. The van der Waals surface area contributed by atoms with Crippen LogP contribution in [0, 0.1) is 6.92 Å². The van der Waals surface area contributed by atoms with E-state index in [1.807, 2.05) is 31.2 Å². The summed E-state index contributed by atoms with van der Waals surface area (Å²) >= 11 is 0. The largest absolute Gasteiger partial charge is 0.328 e. The number of benzene rings is 1. The molecule has 0 aliphatic heterocycles. The molecule has 0 aromatic heterocycles. The molecule has 1 aromatic carbocycles. The average molecular weight is 223 g/mol. The van der Waals surface area contributed by atoms with Crippen molar-refractivity contribution in [2.75, 3.05) is 0 Å². The van der Waals surface area contributed by atoms with Gasteiger partial charge in [-0.1, -0.05) is 17.7 Å². The quantitative estimate of drug-likeness (QED) is 0.833. The zero-order valence-electron chi connectivity index (χ0n) is 8.98. The summed E-state index contributed by atoms with van der Waals surface area (Å²) in [5.41, 5.74) is 7.04. The molecule has 0 heterocycles. The van der Waals surface area contributed by atoms with Crippen molar-refractivity contribution in [1.82, 2.24) is 0 Å². The Morgan fingerprint density at radius 1 is 1.27 bits per heavy atom. The van der Waals surface area contributed by atoms with E-state index in [9.17, 15) is 4.21 Å². The van der Waals surface area contributed by atoms with E-state index in [0.29, 0.717) is 0 Å². The SMILES string of the molecule is Cc1ccc(S(=O)C2CCC(N)C2)cc1. The number of hydrogen-bond donors (Lipinski definition) is 1. The van der Waals surface area contributed by atoms with E-state index in [4.69, 9.17) is 5.73 Å². The Balaban J connectivity index is 2.11. The van der Waals surface area contributed by atoms with Gasteiger partial charge in [0.25, 0.3) is 0 Å². The maximum absolute atomic E-state index is 12.2. The van der Waals surface area contributed by atoms with Crippen LogP contribution in [0.3, 0.4) is 0 Å². The van der Waals surface area contributed by atoms with Gasteiger partial charge >= 0.3 is 0 Å². The van der Waals surface area contributed by atoms with Crippen molar-refractivity contribution in [2.45, 2.75) is 42.4 Å². The Labute approximate surface area is 93.3 Å². The van der Waals surface area contributed by atoms with Crippen molar-refractivity contribution in [1.29, 1.82) is 0 Å². The summed E-state index contributed by atoms with van der Waals surface area (Å²) in [4.78, 5) is 0.944. The highest BCUT2D eigenvalue weighted by atomic mass is 32.2. The van der Waals surface area contributed by atoms with E-state index in [1.54, 1.807) is 0 Å². The Kier molecular flexibility index (Phi) is 3.22. The summed E-state index contributed by atoms with van der Waals surface area (Å²) < 4.78 is 12.2. The van der Waals surface area contributed by atoms with Crippen molar-refractivity contribution in [3.8, 4) is 0 Å². The van der Waals surface area contributed by atoms with Gasteiger partial charge in [0.05, 0.1) is 10.8 Å². The van der Waals surface area contributed by atoms with Crippen LogP contribution < -0.4 is 5.73 Å². The molecule has 0 spiro atoms. The van der Waals surface area contributed by atoms with Gasteiger partial charge in [-0.3, -0.25) is 4.21 Å². The minimum atomic E-state index is -0.868. The summed E-state index contributed by atoms with van der Waals surface area (Å²) in [5, 5.41) is 0.266. The second kappa shape index (κ2) is 4.45. The van der Waals surface area contributed by atoms with Crippen LogP contribution in [0.1, 0.15) is 24.8 Å². The van der Waals surface area contributed by atoms with E-state index in [0.717, 1.165) is 24.2 Å². The zero-order chi connectivity index (χ0) is 10.8. The van der Waals surface area contributed by atoms with Crippen molar-refractivity contribution in [3.05, 3.63) is 29.8 Å². The minimum absolute atomic E-state index is 0.254. The first-order valence-electron chi connectivity index (χ1n) is 5.39. The van der Waals surface area contributed by atoms with E-state index in [2.05, 4.69) is 0 Å². The molecule has 2 N–H and O–H groups in total. The lowest BCUT2D eigenvalue weighted by Crippen LogP contribution is -2.18. The van der Waals surface area contributed by atoms with Gasteiger partial charge in [0, 0.05) is 16.2 Å². The van der Waals surface area contributed by atoms with Gasteiger partial charge in [0.2, 0.25) is 0 Å². The summed E-state index contributed by atoms with van der Waals surface area (Å²) in [7, 11) is -0.868. The Morgan fingerprint density at radius 2 is 1.93 bits per heavy atom. The summed E-state index contributed by atoms with van der Waals surface area (Å²) in [5.74, 6) is 0.